The Balaban J connectivity index is 1.60. The van der Waals surface area contributed by atoms with Gasteiger partial charge in [-0.15, -0.1) is 0 Å². The van der Waals surface area contributed by atoms with Crippen LogP contribution >= 0.6 is 0 Å². The van der Waals surface area contributed by atoms with Crippen LogP contribution in [0, 0.1) is 11.3 Å². The molecule has 0 saturated heterocycles. The minimum atomic E-state index is -0.299. The summed E-state index contributed by atoms with van der Waals surface area (Å²) < 4.78 is 0. The predicted octanol–water partition coefficient (Wildman–Crippen LogP) is 2.12. The van der Waals surface area contributed by atoms with Gasteiger partial charge < -0.3 is 5.32 Å². The van der Waals surface area contributed by atoms with Gasteiger partial charge in [0.2, 0.25) is 0 Å². The minimum absolute atomic E-state index is 0.299. The molecule has 0 unspecified atom stereocenters. The molecule has 0 aliphatic heterocycles. The van der Waals surface area contributed by atoms with Gasteiger partial charge in [0.1, 0.15) is 0 Å². The highest BCUT2D eigenvalue weighted by molar-refractivity contribution is 5.36. The number of nitrogens with zero attached hydrogens (tertiary/aromatic N) is 2. The van der Waals surface area contributed by atoms with Gasteiger partial charge in [-0.05, 0) is 24.5 Å². The Bertz CT molecular complexity index is 562. The largest absolute Gasteiger partial charge is 0.308 e. The molecule has 19 heavy (non-hydrogen) atoms. The van der Waals surface area contributed by atoms with Gasteiger partial charge in [0.05, 0.1) is 11.5 Å². The first-order valence-corrected chi connectivity index (χ1v) is 6.51. The molecule has 1 aliphatic carbocycles. The van der Waals surface area contributed by atoms with Crippen LogP contribution in [0.3, 0.4) is 0 Å². The van der Waals surface area contributed by atoms with Crippen LogP contribution in [0.5, 0.6) is 0 Å². The fraction of sp³-hybridized carbons (Fsp3) is 0.333. The molecule has 1 aromatic heterocycles. The molecule has 1 heterocycles. The number of H-pyrrole nitrogens is 1. The van der Waals surface area contributed by atoms with Crippen LogP contribution in [0.4, 0.5) is 0 Å². The molecule has 0 atom stereocenters. The van der Waals surface area contributed by atoms with Crippen molar-refractivity contribution in [1.29, 1.82) is 5.26 Å². The second-order valence-electron chi connectivity index (χ2n) is 5.13. The maximum absolute atomic E-state index is 9.47. The third-order valence-electron chi connectivity index (χ3n) is 3.87. The summed E-state index contributed by atoms with van der Waals surface area (Å²) in [6.07, 6.45) is 3.50. The van der Waals surface area contributed by atoms with Crippen molar-refractivity contribution in [2.45, 2.75) is 30.8 Å². The summed E-state index contributed by atoms with van der Waals surface area (Å²) in [5.74, 6) is 0. The number of hydrogen-bond donors (Lipinski definition) is 2. The molecule has 4 heteroatoms. The summed E-state index contributed by atoms with van der Waals surface area (Å²) in [5.41, 5.74) is 1.92. The topological polar surface area (TPSA) is 64.5 Å². The van der Waals surface area contributed by atoms with Crippen LogP contribution in [-0.4, -0.2) is 16.2 Å². The zero-order chi connectivity index (χ0) is 13.1. The normalized spacial score (nSPS) is 25.5. The number of nitriles is 1. The molecule has 0 amide bonds. The highest BCUT2D eigenvalue weighted by Gasteiger charge is 2.45. The minimum Gasteiger partial charge on any atom is -0.308 e. The molecule has 0 radical (unpaired) electrons. The van der Waals surface area contributed by atoms with E-state index in [1.165, 1.54) is 0 Å². The predicted molar refractivity (Wildman–Crippen MR) is 72.2 cm³/mol. The third-order valence-corrected chi connectivity index (χ3v) is 3.87. The Kier molecular flexibility index (Phi) is 3.06. The van der Waals surface area contributed by atoms with Crippen LogP contribution in [-0.2, 0) is 12.0 Å². The zero-order valence-corrected chi connectivity index (χ0v) is 10.6. The fourth-order valence-electron chi connectivity index (χ4n) is 2.71. The van der Waals surface area contributed by atoms with Gasteiger partial charge in [-0.25, -0.2) is 0 Å². The van der Waals surface area contributed by atoms with Crippen molar-refractivity contribution in [2.75, 3.05) is 0 Å². The van der Waals surface area contributed by atoms with Crippen molar-refractivity contribution in [3.05, 3.63) is 53.9 Å². The highest BCUT2D eigenvalue weighted by atomic mass is 15.1. The van der Waals surface area contributed by atoms with Crippen LogP contribution in [0.15, 0.2) is 42.6 Å². The van der Waals surface area contributed by atoms with Gasteiger partial charge in [-0.1, -0.05) is 30.3 Å². The lowest BCUT2D eigenvalue weighted by molar-refractivity contribution is 0.225. The number of hydrogen-bond acceptors (Lipinski definition) is 3. The first kappa shape index (κ1) is 11.9. The van der Waals surface area contributed by atoms with Crippen molar-refractivity contribution in [3.63, 3.8) is 0 Å². The standard InChI is InChI=1S/C15H16N4/c16-11-15(12-4-2-1-3-5-12)8-14(9-15)17-10-13-6-7-18-19-13/h1-7,14,17H,8-10H2,(H,18,19). The molecule has 96 valence electrons. The quantitative estimate of drug-likeness (QED) is 0.876. The van der Waals surface area contributed by atoms with E-state index in [4.69, 9.17) is 0 Å². The van der Waals surface area contributed by atoms with Crippen LogP contribution < -0.4 is 5.32 Å². The second-order valence-corrected chi connectivity index (χ2v) is 5.13. The monoisotopic (exact) mass is 252 g/mol. The average Bonchev–Trinajstić information content (AvgIpc) is 2.92. The first-order valence-electron chi connectivity index (χ1n) is 6.51. The van der Waals surface area contributed by atoms with Crippen LogP contribution in [0.25, 0.3) is 0 Å². The van der Waals surface area contributed by atoms with Crippen molar-refractivity contribution in [1.82, 2.24) is 15.5 Å². The molecule has 2 N–H and O–H groups in total. The van der Waals surface area contributed by atoms with Gasteiger partial charge in [0.25, 0.3) is 0 Å². The van der Waals surface area contributed by atoms with E-state index in [0.29, 0.717) is 6.04 Å². The number of aromatic amines is 1. The lowest BCUT2D eigenvalue weighted by Crippen LogP contribution is -2.50. The Morgan fingerprint density at radius 2 is 2.11 bits per heavy atom. The lowest BCUT2D eigenvalue weighted by atomic mass is 9.62. The molecular formula is C15H16N4. The van der Waals surface area contributed by atoms with E-state index in [2.05, 4.69) is 21.6 Å². The van der Waals surface area contributed by atoms with E-state index in [9.17, 15) is 5.26 Å². The number of aromatic nitrogens is 2. The number of nitrogens with one attached hydrogen (secondary N) is 2. The SMILES string of the molecule is N#CC1(c2ccccc2)CC(NCc2ccn[nH]2)C1. The maximum atomic E-state index is 9.47. The van der Waals surface area contributed by atoms with E-state index < -0.39 is 0 Å². The molecular weight excluding hydrogens is 236 g/mol. The molecule has 1 aliphatic rings. The Hall–Kier alpha value is -2.12. The summed E-state index contributed by atoms with van der Waals surface area (Å²) >= 11 is 0. The molecule has 1 aromatic carbocycles. The van der Waals surface area contributed by atoms with Crippen molar-refractivity contribution in [2.24, 2.45) is 0 Å². The van der Waals surface area contributed by atoms with Crippen LogP contribution in [0.1, 0.15) is 24.1 Å². The van der Waals surface area contributed by atoms with Gasteiger partial charge in [0.15, 0.2) is 0 Å². The van der Waals surface area contributed by atoms with Gasteiger partial charge in [-0.2, -0.15) is 10.4 Å². The van der Waals surface area contributed by atoms with Crippen molar-refractivity contribution in [3.8, 4) is 6.07 Å². The molecule has 1 saturated carbocycles. The number of rotatable bonds is 4. The lowest BCUT2D eigenvalue weighted by Gasteiger charge is -2.43. The van der Waals surface area contributed by atoms with Crippen molar-refractivity contribution >= 4 is 0 Å². The molecule has 2 aromatic rings. The van der Waals surface area contributed by atoms with Gasteiger partial charge in [-0.3, -0.25) is 5.10 Å². The van der Waals surface area contributed by atoms with Gasteiger partial charge in [0, 0.05) is 24.5 Å². The Morgan fingerprint density at radius 3 is 2.74 bits per heavy atom. The summed E-state index contributed by atoms with van der Waals surface area (Å²) in [7, 11) is 0. The Morgan fingerprint density at radius 1 is 1.32 bits per heavy atom. The van der Waals surface area contributed by atoms with E-state index in [-0.39, 0.29) is 5.41 Å². The van der Waals surface area contributed by atoms with E-state index in [0.717, 1.165) is 30.6 Å². The highest BCUT2D eigenvalue weighted by Crippen LogP contribution is 2.43. The number of benzene rings is 1. The smallest absolute Gasteiger partial charge is 0.0852 e. The molecule has 1 fully saturated rings. The zero-order valence-electron chi connectivity index (χ0n) is 10.6. The average molecular weight is 252 g/mol. The van der Waals surface area contributed by atoms with E-state index in [1.54, 1.807) is 6.20 Å². The van der Waals surface area contributed by atoms with Crippen molar-refractivity contribution < 1.29 is 0 Å². The fourth-order valence-corrected chi connectivity index (χ4v) is 2.71. The molecule has 0 bridgehead atoms. The van der Waals surface area contributed by atoms with E-state index in [1.807, 2.05) is 36.4 Å². The summed E-state index contributed by atoms with van der Waals surface area (Å²) in [6, 6.07) is 14.9. The first-order chi connectivity index (χ1) is 9.32. The third kappa shape index (κ3) is 2.25. The van der Waals surface area contributed by atoms with Crippen LogP contribution in [0.2, 0.25) is 0 Å². The molecule has 3 rings (SSSR count). The Labute approximate surface area is 112 Å². The maximum Gasteiger partial charge on any atom is 0.0852 e. The van der Waals surface area contributed by atoms with Gasteiger partial charge >= 0.3 is 0 Å². The summed E-state index contributed by atoms with van der Waals surface area (Å²) in [5, 5.41) is 19.8. The summed E-state index contributed by atoms with van der Waals surface area (Å²) in [4.78, 5) is 0. The molecule has 0 spiro atoms. The molecule has 4 nitrogen and oxygen atoms in total. The second kappa shape index (κ2) is 4.87. The van der Waals surface area contributed by atoms with E-state index >= 15 is 0 Å². The summed E-state index contributed by atoms with van der Waals surface area (Å²) in [6.45, 7) is 0.779.